The van der Waals surface area contributed by atoms with Crippen molar-refractivity contribution in [3.05, 3.63) is 23.4 Å². The van der Waals surface area contributed by atoms with Gasteiger partial charge in [-0.3, -0.25) is 10.2 Å². The van der Waals surface area contributed by atoms with Crippen molar-refractivity contribution in [2.24, 2.45) is 0 Å². The number of nitrogens with one attached hydrogen (secondary N) is 1. The zero-order valence-electron chi connectivity index (χ0n) is 17.5. The van der Waals surface area contributed by atoms with Gasteiger partial charge in [0, 0.05) is 37.6 Å². The molecule has 4 heteroatoms. The summed E-state index contributed by atoms with van der Waals surface area (Å²) in [5, 5.41) is 7.92. The van der Waals surface area contributed by atoms with Gasteiger partial charge in [0.05, 0.1) is 0 Å². The fraction of sp³-hybridized carbons (Fsp3) is 0.700. The Labute approximate surface area is 150 Å². The van der Waals surface area contributed by atoms with Crippen LogP contribution in [0.2, 0.25) is 0 Å². The van der Waals surface area contributed by atoms with Crippen molar-refractivity contribution in [1.29, 1.82) is 5.41 Å². The van der Waals surface area contributed by atoms with E-state index in [0.717, 1.165) is 38.0 Å². The van der Waals surface area contributed by atoms with Crippen LogP contribution in [0.1, 0.15) is 74.7 Å². The molecule has 0 saturated carbocycles. The predicted octanol–water partition coefficient (Wildman–Crippen LogP) is 5.59. The van der Waals surface area contributed by atoms with Gasteiger partial charge in [0.2, 0.25) is 0 Å². The van der Waals surface area contributed by atoms with E-state index in [1.54, 1.807) is 25.1 Å². The number of ether oxygens (including phenoxy) is 1. The first-order valence-electron chi connectivity index (χ1n) is 9.31. The third kappa shape index (κ3) is 11.2. The second-order valence-corrected chi connectivity index (χ2v) is 4.63. The van der Waals surface area contributed by atoms with E-state index in [-0.39, 0.29) is 5.78 Å². The van der Waals surface area contributed by atoms with Crippen molar-refractivity contribution in [1.82, 2.24) is 4.90 Å². The second-order valence-electron chi connectivity index (χ2n) is 4.63. The maximum absolute atomic E-state index is 11.4. The van der Waals surface area contributed by atoms with Gasteiger partial charge in [-0.05, 0) is 26.7 Å². The van der Waals surface area contributed by atoms with E-state index in [2.05, 4.69) is 13.8 Å². The van der Waals surface area contributed by atoms with E-state index < -0.39 is 0 Å². The normalized spacial score (nSPS) is 13.9. The molecule has 0 aromatic carbocycles. The SMILES string of the molecule is CC.CC.CCC/C=C1\C(=N)N(CC)C=C1C(C)=O.CCCOC. The minimum Gasteiger partial charge on any atom is -0.385 e. The number of amidine groups is 1. The van der Waals surface area contributed by atoms with E-state index in [9.17, 15) is 4.79 Å². The van der Waals surface area contributed by atoms with Crippen LogP contribution in [0.5, 0.6) is 0 Å². The number of rotatable bonds is 6. The maximum atomic E-state index is 11.4. The Morgan fingerprint density at radius 2 is 1.71 bits per heavy atom. The molecule has 0 aromatic rings. The van der Waals surface area contributed by atoms with Crippen LogP contribution in [0.25, 0.3) is 0 Å². The smallest absolute Gasteiger partial charge is 0.162 e. The maximum Gasteiger partial charge on any atom is 0.162 e. The third-order valence-corrected chi connectivity index (χ3v) is 2.88. The minimum atomic E-state index is 0.0399. The minimum absolute atomic E-state index is 0.0399. The van der Waals surface area contributed by atoms with Gasteiger partial charge < -0.3 is 9.64 Å². The van der Waals surface area contributed by atoms with Gasteiger partial charge in [0.15, 0.2) is 5.78 Å². The molecule has 24 heavy (non-hydrogen) atoms. The molecule has 0 aliphatic carbocycles. The molecule has 1 N–H and O–H groups in total. The molecule has 0 spiro atoms. The van der Waals surface area contributed by atoms with Crippen molar-refractivity contribution in [3.63, 3.8) is 0 Å². The van der Waals surface area contributed by atoms with E-state index in [1.807, 2.05) is 40.7 Å². The van der Waals surface area contributed by atoms with Crippen LogP contribution in [0.4, 0.5) is 0 Å². The average molecular weight is 341 g/mol. The number of Topliss-reactive ketones (excluding diaryl/α,β-unsaturated/α-hetero) is 1. The molecule has 0 unspecified atom stereocenters. The topological polar surface area (TPSA) is 53.4 Å². The van der Waals surface area contributed by atoms with Gasteiger partial charge in [-0.15, -0.1) is 0 Å². The molecule has 1 aliphatic heterocycles. The molecule has 1 heterocycles. The van der Waals surface area contributed by atoms with Crippen LogP contribution < -0.4 is 0 Å². The lowest BCUT2D eigenvalue weighted by Crippen LogP contribution is -2.20. The summed E-state index contributed by atoms with van der Waals surface area (Å²) in [6, 6.07) is 0. The highest BCUT2D eigenvalue weighted by atomic mass is 16.5. The lowest BCUT2D eigenvalue weighted by Gasteiger charge is -2.12. The first kappa shape index (κ1) is 27.4. The van der Waals surface area contributed by atoms with Gasteiger partial charge in [0.1, 0.15) is 5.84 Å². The van der Waals surface area contributed by atoms with Crippen molar-refractivity contribution in [3.8, 4) is 0 Å². The molecule has 0 aromatic heterocycles. The highest BCUT2D eigenvalue weighted by Crippen LogP contribution is 2.23. The number of likely N-dealkylation sites (N-methyl/N-ethyl adjacent to an activating group) is 1. The Hall–Kier alpha value is -1.42. The molecule has 1 rings (SSSR count). The van der Waals surface area contributed by atoms with Crippen LogP contribution in [0, 0.1) is 5.41 Å². The molecule has 0 saturated heterocycles. The zero-order chi connectivity index (χ0) is 19.5. The van der Waals surface area contributed by atoms with E-state index in [1.165, 1.54) is 0 Å². The molecule has 4 nitrogen and oxygen atoms in total. The fourth-order valence-electron chi connectivity index (χ4n) is 1.80. The molecule has 0 amide bonds. The number of nitrogens with zero attached hydrogens (tertiary/aromatic N) is 1. The molecule has 1 aliphatic rings. The summed E-state index contributed by atoms with van der Waals surface area (Å²) >= 11 is 0. The number of methoxy groups -OCH3 is 1. The van der Waals surface area contributed by atoms with Crippen LogP contribution in [-0.4, -0.2) is 36.8 Å². The molecule has 0 atom stereocenters. The van der Waals surface area contributed by atoms with Crippen molar-refractivity contribution < 1.29 is 9.53 Å². The molecular weight excluding hydrogens is 300 g/mol. The van der Waals surface area contributed by atoms with Crippen molar-refractivity contribution >= 4 is 11.6 Å². The van der Waals surface area contributed by atoms with E-state index in [0.29, 0.717) is 11.4 Å². The Kier molecular flexibility index (Phi) is 22.4. The van der Waals surface area contributed by atoms with Crippen LogP contribution >= 0.6 is 0 Å². The Morgan fingerprint density at radius 3 is 2.00 bits per heavy atom. The molecule has 0 fully saturated rings. The second kappa shape index (κ2) is 19.6. The van der Waals surface area contributed by atoms with Gasteiger partial charge in [-0.25, -0.2) is 0 Å². The Balaban J connectivity index is -0.000000413. The van der Waals surface area contributed by atoms with Crippen molar-refractivity contribution in [2.75, 3.05) is 20.3 Å². The quantitative estimate of drug-likeness (QED) is 0.685. The van der Waals surface area contributed by atoms with Crippen LogP contribution in [0.15, 0.2) is 23.4 Å². The standard InChI is InChI=1S/C12H18N2O.C4H10O.2C2H6/c1-4-6-7-10-11(9(3)15)8-14(5-2)12(10)13;1-3-4-5-2;2*1-2/h7-8,13H,4-6H2,1-3H3;3-4H2,1-2H3;2*1-2H3/b10-7-,13-12?;;;. The summed E-state index contributed by atoms with van der Waals surface area (Å²) in [6.07, 6.45) is 6.85. The number of hydrogen-bond donors (Lipinski definition) is 1. The summed E-state index contributed by atoms with van der Waals surface area (Å²) in [7, 11) is 1.71. The summed E-state index contributed by atoms with van der Waals surface area (Å²) < 4.78 is 4.69. The summed E-state index contributed by atoms with van der Waals surface area (Å²) in [5.41, 5.74) is 1.47. The number of ketones is 1. The van der Waals surface area contributed by atoms with Gasteiger partial charge in [-0.2, -0.15) is 0 Å². The monoisotopic (exact) mass is 340 g/mol. The summed E-state index contributed by atoms with van der Waals surface area (Å²) in [4.78, 5) is 13.2. The number of hydrogen-bond acceptors (Lipinski definition) is 3. The highest BCUT2D eigenvalue weighted by Gasteiger charge is 2.25. The molecule has 0 radical (unpaired) electrons. The summed E-state index contributed by atoms with van der Waals surface area (Å²) in [5.74, 6) is 0.495. The molecule has 142 valence electrons. The van der Waals surface area contributed by atoms with Gasteiger partial charge >= 0.3 is 0 Å². The van der Waals surface area contributed by atoms with Crippen LogP contribution in [0.3, 0.4) is 0 Å². The largest absolute Gasteiger partial charge is 0.385 e. The van der Waals surface area contributed by atoms with Crippen molar-refractivity contribution in [2.45, 2.75) is 74.7 Å². The first-order valence-corrected chi connectivity index (χ1v) is 9.31. The van der Waals surface area contributed by atoms with Gasteiger partial charge in [0.25, 0.3) is 0 Å². The Morgan fingerprint density at radius 1 is 1.17 bits per heavy atom. The number of carbonyl (C=O) groups is 1. The van der Waals surface area contributed by atoms with Crippen LogP contribution in [-0.2, 0) is 9.53 Å². The highest BCUT2D eigenvalue weighted by molar-refractivity contribution is 6.15. The predicted molar refractivity (Wildman–Crippen MR) is 107 cm³/mol. The lowest BCUT2D eigenvalue weighted by molar-refractivity contribution is -0.113. The number of unbranched alkanes of at least 4 members (excludes halogenated alkanes) is 1. The Bertz CT molecular complexity index is 383. The average Bonchev–Trinajstić information content (AvgIpc) is 2.94. The summed E-state index contributed by atoms with van der Waals surface area (Å²) in [6.45, 7) is 17.3. The van der Waals surface area contributed by atoms with E-state index in [4.69, 9.17) is 10.1 Å². The molecular formula is C20H40N2O2. The molecule has 0 bridgehead atoms. The third-order valence-electron chi connectivity index (χ3n) is 2.88. The number of carbonyl (C=O) groups excluding carboxylic acids is 1. The lowest BCUT2D eigenvalue weighted by atomic mass is 10.0. The van der Waals surface area contributed by atoms with Gasteiger partial charge in [-0.1, -0.05) is 54.0 Å². The number of allylic oxidation sites excluding steroid dienone is 1. The van der Waals surface area contributed by atoms with E-state index >= 15 is 0 Å². The zero-order valence-corrected chi connectivity index (χ0v) is 17.5. The first-order chi connectivity index (χ1) is 11.5. The fourth-order valence-corrected chi connectivity index (χ4v) is 1.80.